The molecule has 0 radical (unpaired) electrons. The van der Waals surface area contributed by atoms with Crippen molar-refractivity contribution in [1.29, 1.82) is 0 Å². The monoisotopic (exact) mass is 476 g/mol. The molecule has 9 heteroatoms. The van der Waals surface area contributed by atoms with Crippen LogP contribution in [-0.2, 0) is 9.36 Å². The number of hydrogen-bond acceptors (Lipinski definition) is 5. The van der Waals surface area contributed by atoms with E-state index in [0.29, 0.717) is 25.3 Å². The lowest BCUT2D eigenvalue weighted by molar-refractivity contribution is -0.113. The van der Waals surface area contributed by atoms with E-state index in [4.69, 9.17) is 24.4 Å². The quantitative estimate of drug-likeness (QED) is 0.131. The summed E-state index contributed by atoms with van der Waals surface area (Å²) < 4.78 is 8.88. The van der Waals surface area contributed by atoms with Crippen LogP contribution in [0.2, 0.25) is 0 Å². The van der Waals surface area contributed by atoms with Crippen LogP contribution in [0.5, 0.6) is 0 Å². The van der Waals surface area contributed by atoms with Crippen LogP contribution in [0.15, 0.2) is 17.1 Å². The number of Topliss-reactive ketones (excluding diaryl/α,β-unsaturated/α-hetero) is 1. The highest BCUT2D eigenvalue weighted by Crippen LogP contribution is 2.25. The smallest absolute Gasteiger partial charge is 0.395 e. The van der Waals surface area contributed by atoms with E-state index in [-0.39, 0.29) is 12.4 Å². The predicted molar refractivity (Wildman–Crippen MR) is 130 cm³/mol. The molecule has 32 heavy (non-hydrogen) atoms. The Hall–Kier alpha value is -1.05. The summed E-state index contributed by atoms with van der Waals surface area (Å²) >= 11 is 0. The van der Waals surface area contributed by atoms with E-state index in [9.17, 15) is 4.79 Å². The third-order valence-electron chi connectivity index (χ3n) is 5.22. The Morgan fingerprint density at radius 3 is 1.97 bits per heavy atom. The first-order chi connectivity index (χ1) is 15.3. The molecule has 1 rings (SSSR count). The molecule has 0 unspecified atom stereocenters. The second kappa shape index (κ2) is 20.5. The van der Waals surface area contributed by atoms with Gasteiger partial charge in [-0.15, -0.1) is 0 Å². The maximum atomic E-state index is 12.2. The van der Waals surface area contributed by atoms with E-state index in [1.807, 2.05) is 4.90 Å². The molecule has 1 heterocycles. The highest BCUT2D eigenvalue weighted by atomic mass is 31.2. The van der Waals surface area contributed by atoms with Crippen LogP contribution in [0.25, 0.3) is 0 Å². The zero-order valence-electron chi connectivity index (χ0n) is 19.8. The Morgan fingerprint density at radius 2 is 1.44 bits per heavy atom. The molecule has 0 saturated heterocycles. The van der Waals surface area contributed by atoms with Crippen molar-refractivity contribution in [2.75, 3.05) is 26.2 Å². The lowest BCUT2D eigenvalue weighted by atomic mass is 10.1. The molecule has 0 aromatic heterocycles. The van der Waals surface area contributed by atoms with Crippen molar-refractivity contribution in [3.63, 3.8) is 0 Å². The van der Waals surface area contributed by atoms with E-state index in [1.54, 1.807) is 0 Å². The van der Waals surface area contributed by atoms with Gasteiger partial charge < -0.3 is 24.7 Å². The summed E-state index contributed by atoms with van der Waals surface area (Å²) in [5, 5.41) is 9.03. The lowest BCUT2D eigenvalue weighted by Crippen LogP contribution is -2.35. The van der Waals surface area contributed by atoms with Crippen LogP contribution < -0.4 is 0 Å². The van der Waals surface area contributed by atoms with Gasteiger partial charge in [0, 0.05) is 19.5 Å². The minimum Gasteiger partial charge on any atom is -0.395 e. The number of unbranched alkanes of at least 4 members (excludes halogenated alkanes) is 11. The van der Waals surface area contributed by atoms with E-state index in [1.165, 1.54) is 70.6 Å². The number of hydrogen-bond donors (Lipinski definition) is 4. The first kappa shape index (κ1) is 30.9. The average Bonchev–Trinajstić information content (AvgIpc) is 3.18. The van der Waals surface area contributed by atoms with Gasteiger partial charge in [-0.1, -0.05) is 70.4 Å². The maximum Gasteiger partial charge on any atom is 0.466 e. The normalized spacial score (nSPS) is 13.9. The van der Waals surface area contributed by atoms with Crippen molar-refractivity contribution in [2.24, 2.45) is 4.99 Å². The molecule has 0 fully saturated rings. The summed E-state index contributed by atoms with van der Waals surface area (Å²) in [4.78, 5) is 40.0. The van der Waals surface area contributed by atoms with Gasteiger partial charge in [-0.25, -0.2) is 4.57 Å². The standard InChI is InChI=1S/C23H42N2O2.H3O4P/c1-2-3-4-5-6-7-8-9-10-11-12-13-14-15-16-17-22(27)23-24-18-19-25(23)20-21-26;1-5(2,3)4/h9-10,26H,2-8,11-21H2,1H3;(H3,1,2,3,4)/b10-9-;. The molecule has 0 saturated carbocycles. The Morgan fingerprint density at radius 1 is 0.938 bits per heavy atom. The highest BCUT2D eigenvalue weighted by molar-refractivity contribution is 7.45. The molecule has 0 bridgehead atoms. The van der Waals surface area contributed by atoms with Gasteiger partial charge in [0.25, 0.3) is 0 Å². The molecule has 0 aromatic carbocycles. The van der Waals surface area contributed by atoms with Crippen LogP contribution in [0.4, 0.5) is 0 Å². The number of aliphatic imine (C=N–C) groups is 1. The van der Waals surface area contributed by atoms with Crippen LogP contribution in [0.1, 0.15) is 96.8 Å². The summed E-state index contributed by atoms with van der Waals surface area (Å²) in [7, 11) is -4.64. The fourth-order valence-electron chi connectivity index (χ4n) is 3.55. The Bertz CT molecular complexity index is 569. The third-order valence-corrected chi connectivity index (χ3v) is 5.22. The molecule has 1 aliphatic rings. The molecular weight excluding hydrogens is 431 g/mol. The number of rotatable bonds is 18. The van der Waals surface area contributed by atoms with Crippen LogP contribution >= 0.6 is 7.82 Å². The van der Waals surface area contributed by atoms with Crippen molar-refractivity contribution in [3.05, 3.63) is 12.2 Å². The molecule has 0 atom stereocenters. The van der Waals surface area contributed by atoms with Crippen molar-refractivity contribution >= 4 is 19.4 Å². The topological polar surface area (TPSA) is 131 Å². The predicted octanol–water partition coefficient (Wildman–Crippen LogP) is 4.37. The molecule has 4 N–H and O–H groups in total. The molecular formula is C23H45N2O6P. The molecule has 8 nitrogen and oxygen atoms in total. The van der Waals surface area contributed by atoms with Crippen LogP contribution in [0, 0.1) is 0 Å². The zero-order chi connectivity index (χ0) is 24.1. The molecule has 0 spiro atoms. The number of carbonyl (C=O) groups excluding carboxylic acids is 1. The summed E-state index contributed by atoms with van der Waals surface area (Å²) in [5.41, 5.74) is 0. The maximum absolute atomic E-state index is 12.2. The number of carbonyl (C=O) groups is 1. The highest BCUT2D eigenvalue weighted by Gasteiger charge is 2.22. The molecule has 188 valence electrons. The molecule has 0 aromatic rings. The summed E-state index contributed by atoms with van der Waals surface area (Å²) in [6.07, 6.45) is 21.8. The number of nitrogens with zero attached hydrogens (tertiary/aromatic N) is 2. The van der Waals surface area contributed by atoms with Gasteiger partial charge >= 0.3 is 7.82 Å². The third kappa shape index (κ3) is 20.8. The van der Waals surface area contributed by atoms with Crippen molar-refractivity contribution in [1.82, 2.24) is 4.90 Å². The number of β-amino-alcohol motifs (C(OH)–C–C–N with tert-alkyl or cyclic N) is 1. The van der Waals surface area contributed by atoms with Crippen molar-refractivity contribution < 1.29 is 29.1 Å². The van der Waals surface area contributed by atoms with E-state index < -0.39 is 7.82 Å². The number of ketones is 1. The van der Waals surface area contributed by atoms with Gasteiger partial charge in [0.1, 0.15) is 0 Å². The zero-order valence-corrected chi connectivity index (χ0v) is 20.7. The number of aliphatic hydroxyl groups excluding tert-OH is 1. The second-order valence-electron chi connectivity index (χ2n) is 8.19. The largest absolute Gasteiger partial charge is 0.466 e. The molecule has 0 amide bonds. The van der Waals surface area contributed by atoms with Gasteiger partial charge in [-0.2, -0.15) is 0 Å². The van der Waals surface area contributed by atoms with E-state index in [0.717, 1.165) is 19.4 Å². The fraction of sp³-hybridized carbons (Fsp3) is 0.826. The Balaban J connectivity index is 0.00000172. The van der Waals surface area contributed by atoms with Gasteiger partial charge in [-0.05, 0) is 32.1 Å². The van der Waals surface area contributed by atoms with Crippen LogP contribution in [-0.4, -0.2) is 62.5 Å². The van der Waals surface area contributed by atoms with Gasteiger partial charge in [0.05, 0.1) is 13.2 Å². The number of aliphatic hydroxyl groups is 1. The van der Waals surface area contributed by atoms with E-state index in [2.05, 4.69) is 24.1 Å². The Labute approximate surface area is 194 Å². The number of phosphoric acid groups is 1. The van der Waals surface area contributed by atoms with Gasteiger partial charge in [-0.3, -0.25) is 9.79 Å². The SMILES string of the molecule is CCCCCCCC/C=C\CCCCCCCC(=O)C1=NCCN1CCO.O=P(O)(O)O. The summed E-state index contributed by atoms with van der Waals surface area (Å²) in [5.74, 6) is 0.748. The van der Waals surface area contributed by atoms with Crippen molar-refractivity contribution in [3.8, 4) is 0 Å². The Kier molecular flexibility index (Phi) is 19.9. The van der Waals surface area contributed by atoms with Gasteiger partial charge in [0.2, 0.25) is 0 Å². The molecule has 1 aliphatic heterocycles. The fourth-order valence-corrected chi connectivity index (χ4v) is 3.55. The van der Waals surface area contributed by atoms with Crippen LogP contribution in [0.3, 0.4) is 0 Å². The first-order valence-electron chi connectivity index (χ1n) is 12.2. The lowest BCUT2D eigenvalue weighted by Gasteiger charge is -2.17. The minimum absolute atomic E-state index is 0.0830. The first-order valence-corrected chi connectivity index (χ1v) is 13.7. The van der Waals surface area contributed by atoms with Crippen molar-refractivity contribution in [2.45, 2.75) is 96.8 Å². The summed E-state index contributed by atoms with van der Waals surface area (Å²) in [6.45, 7) is 4.33. The van der Waals surface area contributed by atoms with Gasteiger partial charge in [0.15, 0.2) is 11.6 Å². The minimum atomic E-state index is -4.64. The van der Waals surface area contributed by atoms with E-state index >= 15 is 0 Å². The molecule has 0 aliphatic carbocycles. The average molecular weight is 477 g/mol. The summed E-state index contributed by atoms with van der Waals surface area (Å²) in [6, 6.07) is 0. The second-order valence-corrected chi connectivity index (χ2v) is 9.21. The number of allylic oxidation sites excluding steroid dienone is 2. The number of amidine groups is 1.